The highest BCUT2D eigenvalue weighted by atomic mass is 35.5. The van der Waals surface area contributed by atoms with Crippen LogP contribution in [0, 0.1) is 12.3 Å². The van der Waals surface area contributed by atoms with Crippen molar-refractivity contribution >= 4 is 33.0 Å². The van der Waals surface area contributed by atoms with E-state index in [1.54, 1.807) is 11.3 Å². The summed E-state index contributed by atoms with van der Waals surface area (Å²) in [5.74, 6) is 0. The molecule has 4 rings (SSSR count). The Hall–Kier alpha value is -1.59. The zero-order valence-corrected chi connectivity index (χ0v) is 16.5. The third kappa shape index (κ3) is 2.93. The van der Waals surface area contributed by atoms with Crippen molar-refractivity contribution in [1.82, 2.24) is 14.6 Å². The van der Waals surface area contributed by atoms with Crippen molar-refractivity contribution in [3.05, 3.63) is 35.0 Å². The molecule has 0 saturated carbocycles. The van der Waals surface area contributed by atoms with E-state index >= 15 is 0 Å². The molecule has 25 heavy (non-hydrogen) atoms. The summed E-state index contributed by atoms with van der Waals surface area (Å²) in [4.78, 5) is 8.16. The largest absolute Gasteiger partial charge is 0.347 e. The van der Waals surface area contributed by atoms with Gasteiger partial charge < -0.3 is 4.90 Å². The van der Waals surface area contributed by atoms with Gasteiger partial charge in [0.15, 0.2) is 0 Å². The van der Waals surface area contributed by atoms with Gasteiger partial charge >= 0.3 is 0 Å². The predicted molar refractivity (Wildman–Crippen MR) is 106 cm³/mol. The van der Waals surface area contributed by atoms with Crippen molar-refractivity contribution in [2.75, 3.05) is 18.0 Å². The number of piperidine rings is 1. The normalized spacial score (nSPS) is 17.4. The first kappa shape index (κ1) is 16.9. The molecule has 1 aromatic carbocycles. The molecule has 6 heteroatoms. The minimum absolute atomic E-state index is 0.487. The molecular weight excluding hydrogens is 352 g/mol. The van der Waals surface area contributed by atoms with E-state index in [-0.39, 0.29) is 0 Å². The van der Waals surface area contributed by atoms with Gasteiger partial charge in [-0.2, -0.15) is 0 Å². The lowest BCUT2D eigenvalue weighted by molar-refractivity contribution is 0.238. The maximum atomic E-state index is 6.34. The van der Waals surface area contributed by atoms with Gasteiger partial charge in [-0.15, -0.1) is 5.10 Å². The number of imidazole rings is 1. The van der Waals surface area contributed by atoms with Crippen LogP contribution < -0.4 is 4.90 Å². The van der Waals surface area contributed by atoms with Crippen LogP contribution in [-0.4, -0.2) is 27.7 Å². The van der Waals surface area contributed by atoms with E-state index in [0.29, 0.717) is 5.41 Å². The molecule has 1 saturated heterocycles. The Morgan fingerprint density at radius 3 is 2.60 bits per heavy atom. The third-order valence-corrected chi connectivity index (χ3v) is 6.94. The molecule has 3 heterocycles. The monoisotopic (exact) mass is 374 g/mol. The van der Waals surface area contributed by atoms with Gasteiger partial charge in [0, 0.05) is 18.7 Å². The number of halogens is 1. The number of nitrogens with zero attached hydrogens (tertiary/aromatic N) is 4. The van der Waals surface area contributed by atoms with Crippen LogP contribution in [0.2, 0.25) is 5.02 Å². The van der Waals surface area contributed by atoms with E-state index in [9.17, 15) is 0 Å². The molecule has 132 valence electrons. The molecule has 3 aromatic rings. The lowest BCUT2D eigenvalue weighted by Gasteiger charge is -2.38. The molecule has 0 spiro atoms. The number of rotatable bonds is 3. The summed E-state index contributed by atoms with van der Waals surface area (Å²) in [6.45, 7) is 8.92. The Kier molecular flexibility index (Phi) is 4.24. The highest BCUT2D eigenvalue weighted by Crippen LogP contribution is 2.38. The molecular formula is C19H23ClN4S. The third-order valence-electron chi connectivity index (χ3n) is 5.64. The lowest BCUT2D eigenvalue weighted by atomic mass is 9.78. The van der Waals surface area contributed by atoms with E-state index in [0.717, 1.165) is 45.2 Å². The van der Waals surface area contributed by atoms with Gasteiger partial charge in [-0.05, 0) is 31.2 Å². The number of benzene rings is 1. The summed E-state index contributed by atoms with van der Waals surface area (Å²) in [7, 11) is 0. The average molecular weight is 375 g/mol. The molecule has 0 amide bonds. The van der Waals surface area contributed by atoms with E-state index < -0.39 is 0 Å². The van der Waals surface area contributed by atoms with Gasteiger partial charge in [0.05, 0.1) is 16.4 Å². The Balaban J connectivity index is 1.64. The van der Waals surface area contributed by atoms with Crippen molar-refractivity contribution in [2.45, 2.75) is 40.0 Å². The highest BCUT2D eigenvalue weighted by molar-refractivity contribution is 7.20. The van der Waals surface area contributed by atoms with Crippen LogP contribution in [-0.2, 0) is 0 Å². The van der Waals surface area contributed by atoms with Gasteiger partial charge in [-0.25, -0.2) is 9.50 Å². The Morgan fingerprint density at radius 1 is 1.24 bits per heavy atom. The van der Waals surface area contributed by atoms with Crippen LogP contribution in [0.5, 0.6) is 0 Å². The first-order valence-corrected chi connectivity index (χ1v) is 10.1. The summed E-state index contributed by atoms with van der Waals surface area (Å²) in [6.07, 6.45) is 3.72. The first-order valence-electron chi connectivity index (χ1n) is 8.87. The smallest absolute Gasteiger partial charge is 0.214 e. The zero-order chi connectivity index (χ0) is 17.6. The van der Waals surface area contributed by atoms with Gasteiger partial charge in [0.1, 0.15) is 0 Å². The Morgan fingerprint density at radius 2 is 1.96 bits per heavy atom. The lowest BCUT2D eigenvalue weighted by Crippen LogP contribution is -2.38. The second-order valence-electron chi connectivity index (χ2n) is 7.26. The van der Waals surface area contributed by atoms with Crippen LogP contribution in [0.25, 0.3) is 16.2 Å². The fourth-order valence-corrected chi connectivity index (χ4v) is 4.69. The maximum absolute atomic E-state index is 6.34. The first-order chi connectivity index (χ1) is 12.0. The minimum atomic E-state index is 0.487. The van der Waals surface area contributed by atoms with E-state index in [4.69, 9.17) is 21.7 Å². The molecule has 0 atom stereocenters. The zero-order valence-electron chi connectivity index (χ0n) is 14.9. The van der Waals surface area contributed by atoms with Crippen LogP contribution in [0.15, 0.2) is 24.3 Å². The van der Waals surface area contributed by atoms with E-state index in [1.165, 1.54) is 19.3 Å². The second-order valence-corrected chi connectivity index (χ2v) is 8.60. The summed E-state index contributed by atoms with van der Waals surface area (Å²) in [5, 5.41) is 6.65. The molecule has 4 nitrogen and oxygen atoms in total. The Bertz CT molecular complexity index is 905. The summed E-state index contributed by atoms with van der Waals surface area (Å²) in [5.41, 5.74) is 3.42. The number of aromatic nitrogens is 3. The van der Waals surface area contributed by atoms with E-state index in [2.05, 4.69) is 25.7 Å². The number of hydrogen-bond donors (Lipinski definition) is 0. The Labute approximate surface area is 157 Å². The fraction of sp³-hybridized carbons (Fsp3) is 0.474. The molecule has 2 aromatic heterocycles. The van der Waals surface area contributed by atoms with Gasteiger partial charge in [-0.3, -0.25) is 0 Å². The fourth-order valence-electron chi connectivity index (χ4n) is 3.47. The van der Waals surface area contributed by atoms with Gasteiger partial charge in [0.25, 0.3) is 0 Å². The second kappa shape index (κ2) is 6.29. The maximum Gasteiger partial charge on any atom is 0.214 e. The van der Waals surface area contributed by atoms with Crippen molar-refractivity contribution in [3.63, 3.8) is 0 Å². The van der Waals surface area contributed by atoms with Crippen LogP contribution >= 0.6 is 22.9 Å². The summed E-state index contributed by atoms with van der Waals surface area (Å²) < 4.78 is 1.96. The van der Waals surface area contributed by atoms with Crippen molar-refractivity contribution < 1.29 is 0 Å². The van der Waals surface area contributed by atoms with Crippen molar-refractivity contribution in [1.29, 1.82) is 0 Å². The van der Waals surface area contributed by atoms with E-state index in [1.807, 2.05) is 28.8 Å². The number of fused-ring (bicyclic) bond motifs is 1. The van der Waals surface area contributed by atoms with Crippen molar-refractivity contribution in [3.8, 4) is 11.3 Å². The topological polar surface area (TPSA) is 33.4 Å². The molecule has 1 aliphatic heterocycles. The van der Waals surface area contributed by atoms with Crippen molar-refractivity contribution in [2.24, 2.45) is 5.41 Å². The molecule has 0 aliphatic carbocycles. The highest BCUT2D eigenvalue weighted by Gasteiger charge is 2.30. The standard InChI is InChI=1S/C19H23ClN4S/c1-4-19(3)9-11-23(12-10-19)18-22-24-13(2)16(21-17(24)25-18)14-7-5-6-8-15(14)20/h5-8H,4,9-12H2,1-3H3. The number of anilines is 1. The van der Waals surface area contributed by atoms with Crippen LogP contribution in [0.4, 0.5) is 5.13 Å². The SMILES string of the molecule is CCC1(C)CCN(c2nn3c(C)c(-c4ccccc4Cl)nc3s2)CC1. The average Bonchev–Trinajstić information content (AvgIpc) is 3.16. The molecule has 0 radical (unpaired) electrons. The summed E-state index contributed by atoms with van der Waals surface area (Å²) in [6, 6.07) is 7.85. The molecule has 0 bridgehead atoms. The molecule has 1 aliphatic rings. The minimum Gasteiger partial charge on any atom is -0.347 e. The van der Waals surface area contributed by atoms with Gasteiger partial charge in [0.2, 0.25) is 10.1 Å². The molecule has 1 fully saturated rings. The molecule has 0 unspecified atom stereocenters. The number of hydrogen-bond acceptors (Lipinski definition) is 4. The predicted octanol–water partition coefficient (Wildman–Crippen LogP) is 5.44. The summed E-state index contributed by atoms with van der Waals surface area (Å²) >= 11 is 8.01. The van der Waals surface area contributed by atoms with Crippen LogP contribution in [0.3, 0.4) is 0 Å². The number of aryl methyl sites for hydroxylation is 1. The van der Waals surface area contributed by atoms with Crippen LogP contribution in [0.1, 0.15) is 38.8 Å². The quantitative estimate of drug-likeness (QED) is 0.612. The molecule has 0 N–H and O–H groups in total. The van der Waals surface area contributed by atoms with Gasteiger partial charge in [-0.1, -0.05) is 61.4 Å².